The zero-order chi connectivity index (χ0) is 6.85. The third kappa shape index (κ3) is 1.26. The third-order valence-corrected chi connectivity index (χ3v) is 2.43. The molecule has 0 saturated carbocycles. The average Bonchev–Trinajstić information content (AvgIpc) is 1.88. The highest BCUT2D eigenvalue weighted by molar-refractivity contribution is 4.84. The number of rotatable bonds is 2. The molecule has 1 fully saturated rings. The van der Waals surface area contributed by atoms with Crippen LogP contribution in [-0.2, 0) is 0 Å². The number of hydrogen-bond donors (Lipinski definition) is 0. The van der Waals surface area contributed by atoms with Gasteiger partial charge in [-0.25, -0.2) is 0 Å². The minimum Gasteiger partial charge on any atom is -0.300 e. The Hall–Kier alpha value is -0.0400. The SMILES string of the molecule is CCCN1CC(C)C1C. The van der Waals surface area contributed by atoms with Gasteiger partial charge in [-0.3, -0.25) is 0 Å². The number of nitrogens with zero attached hydrogens (tertiary/aromatic N) is 1. The van der Waals surface area contributed by atoms with Crippen molar-refractivity contribution in [2.45, 2.75) is 33.2 Å². The maximum Gasteiger partial charge on any atom is 0.0105 e. The lowest BCUT2D eigenvalue weighted by Crippen LogP contribution is -2.53. The minimum atomic E-state index is 0.852. The van der Waals surface area contributed by atoms with E-state index in [9.17, 15) is 0 Å². The van der Waals surface area contributed by atoms with E-state index in [1.807, 2.05) is 0 Å². The molecule has 0 aromatic heterocycles. The molecular formula is C8H17N. The number of likely N-dealkylation sites (tertiary alicyclic amines) is 1. The Balaban J connectivity index is 2.17. The highest BCUT2D eigenvalue weighted by atomic mass is 15.2. The summed E-state index contributed by atoms with van der Waals surface area (Å²) in [5.41, 5.74) is 0. The van der Waals surface area contributed by atoms with Crippen LogP contribution in [-0.4, -0.2) is 24.0 Å². The molecule has 0 aromatic carbocycles. The molecule has 1 aliphatic heterocycles. The van der Waals surface area contributed by atoms with E-state index in [0.717, 1.165) is 12.0 Å². The summed E-state index contributed by atoms with van der Waals surface area (Å²) in [6, 6.07) is 0.852. The Kier molecular flexibility index (Phi) is 2.12. The molecule has 2 atom stereocenters. The van der Waals surface area contributed by atoms with Gasteiger partial charge < -0.3 is 4.90 Å². The molecule has 1 heterocycles. The summed E-state index contributed by atoms with van der Waals surface area (Å²) >= 11 is 0. The fourth-order valence-electron chi connectivity index (χ4n) is 1.49. The fraction of sp³-hybridized carbons (Fsp3) is 1.00. The summed E-state index contributed by atoms with van der Waals surface area (Å²) in [5.74, 6) is 0.941. The molecule has 0 radical (unpaired) electrons. The van der Waals surface area contributed by atoms with Crippen molar-refractivity contribution in [1.82, 2.24) is 4.90 Å². The topological polar surface area (TPSA) is 3.24 Å². The summed E-state index contributed by atoms with van der Waals surface area (Å²) in [6.07, 6.45) is 1.30. The van der Waals surface area contributed by atoms with Crippen LogP contribution in [0, 0.1) is 5.92 Å². The molecule has 1 nitrogen and oxygen atoms in total. The first-order valence-corrected chi connectivity index (χ1v) is 3.99. The first-order chi connectivity index (χ1) is 4.25. The van der Waals surface area contributed by atoms with Gasteiger partial charge >= 0.3 is 0 Å². The summed E-state index contributed by atoms with van der Waals surface area (Å²) < 4.78 is 0. The van der Waals surface area contributed by atoms with Crippen molar-refractivity contribution in [3.8, 4) is 0 Å². The van der Waals surface area contributed by atoms with E-state index in [1.165, 1.54) is 19.5 Å². The predicted molar refractivity (Wildman–Crippen MR) is 40.5 cm³/mol. The van der Waals surface area contributed by atoms with Crippen molar-refractivity contribution in [1.29, 1.82) is 0 Å². The lowest BCUT2D eigenvalue weighted by molar-refractivity contribution is 0.0389. The highest BCUT2D eigenvalue weighted by Crippen LogP contribution is 2.23. The lowest BCUT2D eigenvalue weighted by atomic mass is 9.92. The maximum absolute atomic E-state index is 2.55. The van der Waals surface area contributed by atoms with E-state index >= 15 is 0 Å². The van der Waals surface area contributed by atoms with Crippen LogP contribution in [0.2, 0.25) is 0 Å². The first-order valence-electron chi connectivity index (χ1n) is 3.99. The van der Waals surface area contributed by atoms with E-state index in [1.54, 1.807) is 0 Å². The van der Waals surface area contributed by atoms with Gasteiger partial charge in [0.15, 0.2) is 0 Å². The smallest absolute Gasteiger partial charge is 0.0105 e. The summed E-state index contributed by atoms with van der Waals surface area (Å²) in [4.78, 5) is 2.55. The molecule has 0 spiro atoms. The average molecular weight is 127 g/mol. The Morgan fingerprint density at radius 1 is 1.44 bits per heavy atom. The lowest BCUT2D eigenvalue weighted by Gasteiger charge is -2.44. The highest BCUT2D eigenvalue weighted by Gasteiger charge is 2.30. The van der Waals surface area contributed by atoms with Crippen molar-refractivity contribution in [2.24, 2.45) is 5.92 Å². The van der Waals surface area contributed by atoms with Crippen molar-refractivity contribution in [2.75, 3.05) is 13.1 Å². The zero-order valence-electron chi connectivity index (χ0n) is 6.72. The van der Waals surface area contributed by atoms with Gasteiger partial charge in [-0.15, -0.1) is 0 Å². The first kappa shape index (κ1) is 7.07. The predicted octanol–water partition coefficient (Wildman–Crippen LogP) is 1.74. The van der Waals surface area contributed by atoms with E-state index in [0.29, 0.717) is 0 Å². The molecule has 0 aromatic rings. The monoisotopic (exact) mass is 127 g/mol. The van der Waals surface area contributed by atoms with Gasteiger partial charge in [0.1, 0.15) is 0 Å². The quantitative estimate of drug-likeness (QED) is 0.546. The van der Waals surface area contributed by atoms with Crippen molar-refractivity contribution in [3.63, 3.8) is 0 Å². The largest absolute Gasteiger partial charge is 0.300 e. The van der Waals surface area contributed by atoms with Crippen LogP contribution >= 0.6 is 0 Å². The maximum atomic E-state index is 2.55. The Labute approximate surface area is 58.0 Å². The van der Waals surface area contributed by atoms with Crippen LogP contribution in [0.1, 0.15) is 27.2 Å². The van der Waals surface area contributed by atoms with E-state index in [2.05, 4.69) is 25.7 Å². The molecule has 1 aliphatic rings. The van der Waals surface area contributed by atoms with Gasteiger partial charge in [0, 0.05) is 12.6 Å². The van der Waals surface area contributed by atoms with Crippen LogP contribution in [0.25, 0.3) is 0 Å². The summed E-state index contributed by atoms with van der Waals surface area (Å²) in [5, 5.41) is 0. The van der Waals surface area contributed by atoms with Gasteiger partial charge in [0.25, 0.3) is 0 Å². The van der Waals surface area contributed by atoms with Gasteiger partial charge in [-0.05, 0) is 25.8 Å². The van der Waals surface area contributed by atoms with Crippen molar-refractivity contribution >= 4 is 0 Å². The molecule has 9 heavy (non-hydrogen) atoms. The van der Waals surface area contributed by atoms with Gasteiger partial charge in [0.05, 0.1) is 0 Å². The van der Waals surface area contributed by atoms with E-state index < -0.39 is 0 Å². The summed E-state index contributed by atoms with van der Waals surface area (Å²) in [6.45, 7) is 9.52. The fourth-order valence-corrected chi connectivity index (χ4v) is 1.49. The van der Waals surface area contributed by atoms with E-state index in [-0.39, 0.29) is 0 Å². The summed E-state index contributed by atoms with van der Waals surface area (Å²) in [7, 11) is 0. The molecule has 1 rings (SSSR count). The Morgan fingerprint density at radius 2 is 2.11 bits per heavy atom. The Bertz CT molecular complexity index is 88.6. The molecule has 2 unspecified atom stereocenters. The molecule has 0 amide bonds. The van der Waals surface area contributed by atoms with Crippen LogP contribution in [0.5, 0.6) is 0 Å². The van der Waals surface area contributed by atoms with Crippen LogP contribution in [0.15, 0.2) is 0 Å². The van der Waals surface area contributed by atoms with Crippen LogP contribution in [0.4, 0.5) is 0 Å². The van der Waals surface area contributed by atoms with Crippen molar-refractivity contribution in [3.05, 3.63) is 0 Å². The normalized spacial score (nSPS) is 36.3. The van der Waals surface area contributed by atoms with Crippen LogP contribution < -0.4 is 0 Å². The standard InChI is InChI=1S/C8H17N/c1-4-5-9-6-7(2)8(9)3/h7-8H,4-6H2,1-3H3. The van der Waals surface area contributed by atoms with Gasteiger partial charge in [-0.2, -0.15) is 0 Å². The molecule has 54 valence electrons. The molecule has 0 aliphatic carbocycles. The second-order valence-electron chi connectivity index (χ2n) is 3.21. The minimum absolute atomic E-state index is 0.852. The van der Waals surface area contributed by atoms with Gasteiger partial charge in [0.2, 0.25) is 0 Å². The second-order valence-corrected chi connectivity index (χ2v) is 3.21. The molecule has 0 N–H and O–H groups in total. The molecular weight excluding hydrogens is 110 g/mol. The Morgan fingerprint density at radius 3 is 2.44 bits per heavy atom. The molecule has 0 bridgehead atoms. The second kappa shape index (κ2) is 2.70. The molecule has 1 saturated heterocycles. The zero-order valence-corrected chi connectivity index (χ0v) is 6.72. The number of hydrogen-bond acceptors (Lipinski definition) is 1. The van der Waals surface area contributed by atoms with Crippen LogP contribution in [0.3, 0.4) is 0 Å². The van der Waals surface area contributed by atoms with E-state index in [4.69, 9.17) is 0 Å². The van der Waals surface area contributed by atoms with Gasteiger partial charge in [-0.1, -0.05) is 13.8 Å². The third-order valence-electron chi connectivity index (χ3n) is 2.43. The molecule has 1 heteroatoms. The van der Waals surface area contributed by atoms with Crippen molar-refractivity contribution < 1.29 is 0 Å².